The second kappa shape index (κ2) is 9.22. The minimum atomic E-state index is 0.427. The van der Waals surface area contributed by atoms with Crippen molar-refractivity contribution in [3.8, 4) is 0 Å². The van der Waals surface area contributed by atoms with E-state index in [1.54, 1.807) is 11.3 Å². The van der Waals surface area contributed by atoms with Crippen LogP contribution in [0.3, 0.4) is 0 Å². The number of nitrogens with one attached hydrogen (secondary N) is 2. The minimum Gasteiger partial charge on any atom is -0.369 e. The summed E-state index contributed by atoms with van der Waals surface area (Å²) < 4.78 is 0. The summed E-state index contributed by atoms with van der Waals surface area (Å²) in [5, 5.41) is 8.14. The van der Waals surface area contributed by atoms with Crippen LogP contribution in [0.4, 0.5) is 5.69 Å². The molecule has 2 N–H and O–H groups in total. The zero-order chi connectivity index (χ0) is 19.2. The lowest BCUT2D eigenvalue weighted by Crippen LogP contribution is -2.44. The lowest BCUT2D eigenvalue weighted by molar-refractivity contribution is 0.649. The summed E-state index contributed by atoms with van der Waals surface area (Å²) in [4.78, 5) is 13.1. The third kappa shape index (κ3) is 5.45. The summed E-state index contributed by atoms with van der Waals surface area (Å²) in [5.74, 6) is 0.923. The summed E-state index contributed by atoms with van der Waals surface area (Å²) in [6.07, 6.45) is 2.08. The number of aryl methyl sites for hydroxylation is 3. The van der Waals surface area contributed by atoms with Gasteiger partial charge in [-0.25, -0.2) is 4.98 Å². The van der Waals surface area contributed by atoms with Gasteiger partial charge in [-0.2, -0.15) is 0 Å². The van der Waals surface area contributed by atoms with E-state index in [9.17, 15) is 0 Å². The van der Waals surface area contributed by atoms with Crippen LogP contribution in [0.1, 0.15) is 34.5 Å². The zero-order valence-corrected chi connectivity index (χ0v) is 17.7. The summed E-state index contributed by atoms with van der Waals surface area (Å²) in [7, 11) is 0. The molecule has 2 aromatic rings. The van der Waals surface area contributed by atoms with Crippen LogP contribution in [-0.4, -0.2) is 43.2 Å². The van der Waals surface area contributed by atoms with Crippen molar-refractivity contribution in [2.24, 2.45) is 4.99 Å². The van der Waals surface area contributed by atoms with E-state index in [0.29, 0.717) is 6.04 Å². The lowest BCUT2D eigenvalue weighted by Gasteiger charge is -2.20. The largest absolute Gasteiger partial charge is 0.369 e. The molecule has 2 heterocycles. The second-order valence-electron chi connectivity index (χ2n) is 7.16. The minimum absolute atomic E-state index is 0.427. The van der Waals surface area contributed by atoms with Crippen molar-refractivity contribution in [3.63, 3.8) is 0 Å². The number of thiazole rings is 1. The van der Waals surface area contributed by atoms with Crippen molar-refractivity contribution >= 4 is 23.0 Å². The van der Waals surface area contributed by atoms with Crippen molar-refractivity contribution in [3.05, 3.63) is 45.4 Å². The van der Waals surface area contributed by atoms with Gasteiger partial charge in [-0.15, -0.1) is 11.3 Å². The van der Waals surface area contributed by atoms with E-state index < -0.39 is 0 Å². The Balaban J connectivity index is 1.54. The fourth-order valence-electron chi connectivity index (χ4n) is 3.46. The Kier molecular flexibility index (Phi) is 6.72. The van der Waals surface area contributed by atoms with E-state index in [2.05, 4.69) is 72.5 Å². The molecule has 0 bridgehead atoms. The molecule has 0 saturated carbocycles. The smallest absolute Gasteiger partial charge is 0.191 e. The van der Waals surface area contributed by atoms with Crippen LogP contribution in [-0.2, 0) is 6.42 Å². The van der Waals surface area contributed by atoms with Crippen LogP contribution in [0.15, 0.2) is 29.3 Å². The Labute approximate surface area is 166 Å². The van der Waals surface area contributed by atoms with E-state index in [1.807, 2.05) is 0 Å². The molecule has 6 heteroatoms. The van der Waals surface area contributed by atoms with E-state index >= 15 is 0 Å². The molecular weight excluding hydrogens is 354 g/mol. The molecule has 1 aliphatic heterocycles. The molecule has 146 valence electrons. The fraction of sp³-hybridized carbons (Fsp3) is 0.524. The van der Waals surface area contributed by atoms with Crippen LogP contribution >= 0.6 is 11.3 Å². The summed E-state index contributed by atoms with van der Waals surface area (Å²) in [6.45, 7) is 12.2. The monoisotopic (exact) mass is 385 g/mol. The quantitative estimate of drug-likeness (QED) is 0.591. The van der Waals surface area contributed by atoms with Crippen LogP contribution in [0.5, 0.6) is 0 Å². The predicted molar refractivity (Wildman–Crippen MR) is 116 cm³/mol. The number of anilines is 1. The van der Waals surface area contributed by atoms with Crippen LogP contribution < -0.4 is 15.5 Å². The molecule has 1 fully saturated rings. The topological polar surface area (TPSA) is 52.6 Å². The maximum atomic E-state index is 4.79. The molecule has 0 radical (unpaired) electrons. The predicted octanol–water partition coefficient (Wildman–Crippen LogP) is 3.44. The van der Waals surface area contributed by atoms with Gasteiger partial charge in [-0.05, 0) is 46.2 Å². The summed E-state index contributed by atoms with van der Waals surface area (Å²) in [6, 6.07) is 9.24. The van der Waals surface area contributed by atoms with Crippen molar-refractivity contribution in [1.82, 2.24) is 15.6 Å². The van der Waals surface area contributed by atoms with Crippen molar-refractivity contribution < 1.29 is 0 Å². The molecule has 27 heavy (non-hydrogen) atoms. The van der Waals surface area contributed by atoms with Gasteiger partial charge in [0.15, 0.2) is 5.96 Å². The van der Waals surface area contributed by atoms with Gasteiger partial charge in [0.2, 0.25) is 0 Å². The number of nitrogens with zero attached hydrogens (tertiary/aromatic N) is 3. The third-order valence-electron chi connectivity index (χ3n) is 4.88. The molecule has 5 nitrogen and oxygen atoms in total. The zero-order valence-electron chi connectivity index (χ0n) is 16.9. The first-order chi connectivity index (χ1) is 13.0. The van der Waals surface area contributed by atoms with Gasteiger partial charge in [0.1, 0.15) is 0 Å². The number of aliphatic imine (C=N–C) groups is 1. The molecule has 1 unspecified atom stereocenters. The molecule has 1 atom stereocenters. The summed E-state index contributed by atoms with van der Waals surface area (Å²) in [5.41, 5.74) is 3.76. The normalized spacial score (nSPS) is 17.4. The Morgan fingerprint density at radius 3 is 2.70 bits per heavy atom. The highest BCUT2D eigenvalue weighted by atomic mass is 32.1. The molecule has 1 aromatic heterocycles. The first-order valence-electron chi connectivity index (χ1n) is 9.84. The molecule has 3 rings (SSSR count). The molecule has 0 amide bonds. The Bertz CT molecular complexity index is 765. The van der Waals surface area contributed by atoms with Crippen LogP contribution in [0.2, 0.25) is 0 Å². The number of rotatable bonds is 6. The van der Waals surface area contributed by atoms with E-state index in [0.717, 1.165) is 55.7 Å². The van der Waals surface area contributed by atoms with Gasteiger partial charge in [0, 0.05) is 49.2 Å². The average molecular weight is 386 g/mol. The van der Waals surface area contributed by atoms with Crippen molar-refractivity contribution in [2.75, 3.05) is 31.1 Å². The van der Waals surface area contributed by atoms with E-state index in [1.165, 1.54) is 16.1 Å². The molecule has 0 aliphatic carbocycles. The molecule has 1 aliphatic rings. The highest BCUT2D eigenvalue weighted by molar-refractivity contribution is 7.11. The molecule has 1 aromatic carbocycles. The van der Waals surface area contributed by atoms with E-state index in [4.69, 9.17) is 4.99 Å². The summed E-state index contributed by atoms with van der Waals surface area (Å²) >= 11 is 1.78. The fourth-order valence-corrected chi connectivity index (χ4v) is 4.38. The molecule has 1 saturated heterocycles. The molecule has 0 spiro atoms. The highest BCUT2D eigenvalue weighted by Gasteiger charge is 2.23. The van der Waals surface area contributed by atoms with Crippen molar-refractivity contribution in [1.29, 1.82) is 0 Å². The number of hydrogen-bond acceptors (Lipinski definition) is 4. The lowest BCUT2D eigenvalue weighted by atomic mass is 10.2. The van der Waals surface area contributed by atoms with Gasteiger partial charge < -0.3 is 15.5 Å². The van der Waals surface area contributed by atoms with Gasteiger partial charge in [0.05, 0.1) is 10.7 Å². The maximum Gasteiger partial charge on any atom is 0.191 e. The van der Waals surface area contributed by atoms with Gasteiger partial charge in [0.25, 0.3) is 0 Å². The average Bonchev–Trinajstić information content (AvgIpc) is 3.22. The first kappa shape index (κ1) is 19.7. The maximum absolute atomic E-state index is 4.79. The van der Waals surface area contributed by atoms with Gasteiger partial charge >= 0.3 is 0 Å². The number of aromatic nitrogens is 1. The Hall–Kier alpha value is -2.08. The number of guanidine groups is 1. The molecular formula is C21H31N5S. The van der Waals surface area contributed by atoms with E-state index in [-0.39, 0.29) is 0 Å². The SMILES string of the molecule is CCNC(=NCCc1sc(C)nc1C)NC1CCN(c2ccc(C)cc2)C1. The highest BCUT2D eigenvalue weighted by Crippen LogP contribution is 2.21. The van der Waals surface area contributed by atoms with Gasteiger partial charge in [-0.1, -0.05) is 17.7 Å². The van der Waals surface area contributed by atoms with Crippen LogP contribution in [0.25, 0.3) is 0 Å². The second-order valence-corrected chi connectivity index (χ2v) is 8.45. The number of hydrogen-bond donors (Lipinski definition) is 2. The first-order valence-corrected chi connectivity index (χ1v) is 10.7. The van der Waals surface area contributed by atoms with Gasteiger partial charge in [-0.3, -0.25) is 4.99 Å². The number of benzene rings is 1. The standard InChI is InChI=1S/C21H31N5S/c1-5-22-21(23-12-10-20-16(3)24-17(4)27-20)25-18-11-13-26(14-18)19-8-6-15(2)7-9-19/h6-9,18H,5,10-14H2,1-4H3,(H2,22,23,25). The third-order valence-corrected chi connectivity index (χ3v) is 6.01. The Morgan fingerprint density at radius 2 is 2.04 bits per heavy atom. The van der Waals surface area contributed by atoms with Crippen LogP contribution in [0, 0.1) is 20.8 Å². The Morgan fingerprint density at radius 1 is 1.26 bits per heavy atom. The van der Waals surface area contributed by atoms with Crippen molar-refractivity contribution in [2.45, 2.75) is 46.6 Å².